The fourth-order valence-corrected chi connectivity index (χ4v) is 2.56. The van der Waals surface area contributed by atoms with Gasteiger partial charge in [0.2, 0.25) is 0 Å². The fraction of sp³-hybridized carbons (Fsp3) is 0.667. The molecule has 1 aromatic heterocycles. The Morgan fingerprint density at radius 1 is 1.42 bits per heavy atom. The number of aromatic nitrogens is 1. The quantitative estimate of drug-likeness (QED) is 0.877. The van der Waals surface area contributed by atoms with Crippen LogP contribution in [0.2, 0.25) is 0 Å². The molecule has 19 heavy (non-hydrogen) atoms. The van der Waals surface area contributed by atoms with E-state index >= 15 is 0 Å². The number of aliphatic hydroxyl groups excluding tert-OH is 1. The first-order valence-electron chi connectivity index (χ1n) is 7.00. The summed E-state index contributed by atoms with van der Waals surface area (Å²) in [6.45, 7) is 7.61. The summed E-state index contributed by atoms with van der Waals surface area (Å²) in [5, 5.41) is 19.6. The van der Waals surface area contributed by atoms with E-state index in [1.807, 2.05) is 19.1 Å². The smallest absolute Gasteiger partial charge is 0.129 e. The van der Waals surface area contributed by atoms with Gasteiger partial charge in [0.1, 0.15) is 5.82 Å². The van der Waals surface area contributed by atoms with Crippen molar-refractivity contribution in [2.75, 3.05) is 18.0 Å². The number of pyridine rings is 1. The van der Waals surface area contributed by atoms with Gasteiger partial charge in [-0.15, -0.1) is 0 Å². The van der Waals surface area contributed by atoms with Crippen LogP contribution in [0.15, 0.2) is 12.1 Å². The molecular weight excluding hydrogens is 240 g/mol. The maximum atomic E-state index is 10.2. The Hall–Kier alpha value is -1.13. The van der Waals surface area contributed by atoms with Crippen molar-refractivity contribution in [2.45, 2.75) is 51.7 Å². The minimum Gasteiger partial charge on any atom is -0.392 e. The number of β-amino-alcohol motifs (C(OH)–C–C–N with tert-alkyl or cyclic N) is 1. The summed E-state index contributed by atoms with van der Waals surface area (Å²) in [5.74, 6) is 1.20. The largest absolute Gasteiger partial charge is 0.392 e. The molecule has 0 saturated carbocycles. The van der Waals surface area contributed by atoms with Gasteiger partial charge < -0.3 is 15.1 Å². The third kappa shape index (κ3) is 3.45. The summed E-state index contributed by atoms with van der Waals surface area (Å²) in [7, 11) is 0. The van der Waals surface area contributed by atoms with E-state index in [1.54, 1.807) is 0 Å². The number of piperidine rings is 1. The highest BCUT2D eigenvalue weighted by Gasteiger charge is 2.29. The zero-order chi connectivity index (χ0) is 14.0. The van der Waals surface area contributed by atoms with Gasteiger partial charge in [0.05, 0.1) is 12.2 Å². The highest BCUT2D eigenvalue weighted by Crippen LogP contribution is 2.26. The molecule has 1 fully saturated rings. The molecule has 1 atom stereocenters. The van der Waals surface area contributed by atoms with Crippen molar-refractivity contribution in [2.24, 2.45) is 0 Å². The first kappa shape index (κ1) is 14.3. The molecule has 0 spiro atoms. The molecule has 0 aromatic carbocycles. The Labute approximate surface area is 115 Å². The Kier molecular flexibility index (Phi) is 4.11. The Morgan fingerprint density at radius 3 is 2.74 bits per heavy atom. The van der Waals surface area contributed by atoms with Crippen LogP contribution in [0.25, 0.3) is 0 Å². The summed E-state index contributed by atoms with van der Waals surface area (Å²) in [5.41, 5.74) is 1.23. The number of rotatable bonds is 3. The van der Waals surface area contributed by atoms with Crippen molar-refractivity contribution in [1.29, 1.82) is 0 Å². The predicted molar refractivity (Wildman–Crippen MR) is 76.3 cm³/mol. The summed E-state index contributed by atoms with van der Waals surface area (Å²) in [6.07, 6.45) is 1.80. The molecule has 0 amide bonds. The van der Waals surface area contributed by atoms with E-state index in [2.05, 4.69) is 23.7 Å². The van der Waals surface area contributed by atoms with Crippen molar-refractivity contribution in [3.63, 3.8) is 0 Å². The molecule has 2 heterocycles. The Bertz CT molecular complexity index is 444. The fourth-order valence-electron chi connectivity index (χ4n) is 2.56. The topological polar surface area (TPSA) is 56.6 Å². The van der Waals surface area contributed by atoms with Gasteiger partial charge in [-0.25, -0.2) is 4.98 Å². The van der Waals surface area contributed by atoms with Crippen LogP contribution in [0.1, 0.15) is 50.8 Å². The summed E-state index contributed by atoms with van der Waals surface area (Å²) >= 11 is 0. The maximum absolute atomic E-state index is 10.2. The molecular formula is C15H24N2O2. The summed E-state index contributed by atoms with van der Waals surface area (Å²) in [4.78, 5) is 6.79. The Balaban J connectivity index is 2.30. The van der Waals surface area contributed by atoms with Crippen LogP contribution < -0.4 is 4.90 Å². The lowest BCUT2D eigenvalue weighted by Crippen LogP contribution is -2.46. The van der Waals surface area contributed by atoms with Gasteiger partial charge in [-0.1, -0.05) is 13.8 Å². The lowest BCUT2D eigenvalue weighted by molar-refractivity contribution is 0.0447. The summed E-state index contributed by atoms with van der Waals surface area (Å²) < 4.78 is 0. The molecule has 1 unspecified atom stereocenters. The minimum atomic E-state index is -0.646. The second-order valence-corrected chi connectivity index (χ2v) is 6.09. The van der Waals surface area contributed by atoms with Gasteiger partial charge in [-0.2, -0.15) is 0 Å². The Morgan fingerprint density at radius 2 is 2.16 bits per heavy atom. The van der Waals surface area contributed by atoms with Gasteiger partial charge in [0.15, 0.2) is 0 Å². The van der Waals surface area contributed by atoms with Crippen molar-refractivity contribution in [1.82, 2.24) is 4.98 Å². The normalized spacial score (nSPS) is 24.0. The van der Waals surface area contributed by atoms with E-state index in [4.69, 9.17) is 0 Å². The first-order chi connectivity index (χ1) is 8.91. The van der Waals surface area contributed by atoms with Gasteiger partial charge in [-0.05, 0) is 43.4 Å². The molecule has 0 aliphatic carbocycles. The van der Waals surface area contributed by atoms with Crippen LogP contribution in [-0.2, 0) is 6.61 Å². The van der Waals surface area contributed by atoms with Crippen LogP contribution in [-0.4, -0.2) is 33.9 Å². The molecule has 0 radical (unpaired) electrons. The minimum absolute atomic E-state index is 0.0273. The van der Waals surface area contributed by atoms with Crippen LogP contribution in [0, 0.1) is 0 Å². The molecule has 1 saturated heterocycles. The average Bonchev–Trinajstić information content (AvgIpc) is 2.37. The molecule has 1 aliphatic rings. The second-order valence-electron chi connectivity index (χ2n) is 6.09. The SMILES string of the molecule is CC(C)c1cc(CO)cc(N2CCCC(C)(O)C2)n1. The zero-order valence-electron chi connectivity index (χ0n) is 12.1. The highest BCUT2D eigenvalue weighted by molar-refractivity contribution is 5.44. The van der Waals surface area contributed by atoms with E-state index in [0.29, 0.717) is 12.5 Å². The molecule has 106 valence electrons. The van der Waals surface area contributed by atoms with E-state index < -0.39 is 5.60 Å². The number of hydrogen-bond donors (Lipinski definition) is 2. The third-order valence-corrected chi connectivity index (χ3v) is 3.66. The molecule has 0 bridgehead atoms. The van der Waals surface area contributed by atoms with E-state index in [9.17, 15) is 10.2 Å². The lowest BCUT2D eigenvalue weighted by atomic mass is 9.95. The van der Waals surface area contributed by atoms with Gasteiger partial charge in [0.25, 0.3) is 0 Å². The van der Waals surface area contributed by atoms with Crippen LogP contribution in [0.3, 0.4) is 0 Å². The van der Waals surface area contributed by atoms with Crippen molar-refractivity contribution < 1.29 is 10.2 Å². The number of nitrogens with zero attached hydrogens (tertiary/aromatic N) is 2. The van der Waals surface area contributed by atoms with Crippen molar-refractivity contribution in [3.05, 3.63) is 23.4 Å². The highest BCUT2D eigenvalue weighted by atomic mass is 16.3. The summed E-state index contributed by atoms with van der Waals surface area (Å²) in [6, 6.07) is 3.88. The van der Waals surface area contributed by atoms with E-state index in [1.165, 1.54) is 0 Å². The molecule has 4 nitrogen and oxygen atoms in total. The molecule has 2 rings (SSSR count). The monoisotopic (exact) mass is 264 g/mol. The van der Waals surface area contributed by atoms with Crippen LogP contribution >= 0.6 is 0 Å². The molecule has 1 aromatic rings. The van der Waals surface area contributed by atoms with Crippen molar-refractivity contribution in [3.8, 4) is 0 Å². The van der Waals surface area contributed by atoms with Gasteiger partial charge >= 0.3 is 0 Å². The zero-order valence-corrected chi connectivity index (χ0v) is 12.1. The average molecular weight is 264 g/mol. The number of hydrogen-bond acceptors (Lipinski definition) is 4. The van der Waals surface area contributed by atoms with Crippen molar-refractivity contribution >= 4 is 5.82 Å². The van der Waals surface area contributed by atoms with Crippen LogP contribution in [0.5, 0.6) is 0 Å². The first-order valence-corrected chi connectivity index (χ1v) is 7.00. The predicted octanol–water partition coefficient (Wildman–Crippen LogP) is 2.05. The van der Waals surface area contributed by atoms with Gasteiger partial charge in [0, 0.05) is 18.8 Å². The maximum Gasteiger partial charge on any atom is 0.129 e. The standard InChI is InChI=1S/C15H24N2O2/c1-11(2)13-7-12(9-18)8-14(16-13)17-6-4-5-15(3,19)10-17/h7-8,11,18-19H,4-6,9-10H2,1-3H3. The number of anilines is 1. The molecule has 4 heteroatoms. The lowest BCUT2D eigenvalue weighted by Gasteiger charge is -2.37. The van der Waals surface area contributed by atoms with E-state index in [-0.39, 0.29) is 6.61 Å². The van der Waals surface area contributed by atoms with E-state index in [0.717, 1.165) is 36.5 Å². The second kappa shape index (κ2) is 5.47. The number of aliphatic hydroxyl groups is 2. The van der Waals surface area contributed by atoms with Gasteiger partial charge in [-0.3, -0.25) is 0 Å². The molecule has 1 aliphatic heterocycles. The third-order valence-electron chi connectivity index (χ3n) is 3.66. The van der Waals surface area contributed by atoms with Crippen LogP contribution in [0.4, 0.5) is 5.82 Å². The molecule has 2 N–H and O–H groups in total.